The normalized spacial score (nSPS) is 25.9. The predicted molar refractivity (Wildman–Crippen MR) is 47.7 cm³/mol. The molecule has 0 radical (unpaired) electrons. The molecule has 58 valence electrons. The fourth-order valence-corrected chi connectivity index (χ4v) is 1.57. The number of thiol groups is 1. The van der Waals surface area contributed by atoms with E-state index >= 15 is 0 Å². The van der Waals surface area contributed by atoms with Crippen molar-refractivity contribution in [2.45, 2.75) is 25.1 Å². The minimum atomic E-state index is 0.321. The number of hydrogen-bond acceptors (Lipinski definition) is 2. The predicted octanol–water partition coefficient (Wildman–Crippen LogP) is 1.39. The first-order valence-corrected chi connectivity index (χ1v) is 4.17. The van der Waals surface area contributed by atoms with E-state index in [1.807, 2.05) is 7.05 Å². The van der Waals surface area contributed by atoms with E-state index < -0.39 is 0 Å². The molecule has 3 heteroatoms. The lowest BCUT2D eigenvalue weighted by Gasteiger charge is -2.21. The summed E-state index contributed by atoms with van der Waals surface area (Å²) in [4.78, 5) is 6.42. The Kier molecular flexibility index (Phi) is 2.60. The lowest BCUT2D eigenvalue weighted by atomic mass is 10.4. The number of likely N-dealkylation sites (tertiary alicyclic amines) is 1. The molecular formula is C7H14N2S. The molecule has 1 aliphatic heterocycles. The van der Waals surface area contributed by atoms with Crippen LogP contribution >= 0.6 is 12.6 Å². The largest absolute Gasteiger partial charge is 0.349 e. The summed E-state index contributed by atoms with van der Waals surface area (Å²) in [6.07, 6.45) is 2.36. The highest BCUT2D eigenvalue weighted by atomic mass is 32.1. The first-order valence-electron chi connectivity index (χ1n) is 3.66. The van der Waals surface area contributed by atoms with E-state index in [-0.39, 0.29) is 0 Å². The maximum atomic E-state index is 4.35. The molecule has 0 saturated carbocycles. The molecule has 1 rings (SSSR count). The Morgan fingerprint density at radius 3 is 2.80 bits per heavy atom. The molecule has 0 amide bonds. The van der Waals surface area contributed by atoms with Crippen LogP contribution in [0.15, 0.2) is 4.99 Å². The van der Waals surface area contributed by atoms with Crippen LogP contribution in [-0.4, -0.2) is 29.7 Å². The smallest absolute Gasteiger partial charge is 0.0994 e. The number of hydrogen-bond donors (Lipinski definition) is 1. The third-order valence-electron chi connectivity index (χ3n) is 1.84. The van der Waals surface area contributed by atoms with Crippen molar-refractivity contribution in [3.8, 4) is 0 Å². The Morgan fingerprint density at radius 2 is 2.40 bits per heavy atom. The van der Waals surface area contributed by atoms with E-state index in [0.717, 1.165) is 13.0 Å². The van der Waals surface area contributed by atoms with Gasteiger partial charge in [0, 0.05) is 20.0 Å². The highest BCUT2D eigenvalue weighted by Crippen LogP contribution is 2.16. The maximum Gasteiger partial charge on any atom is 0.0994 e. The van der Waals surface area contributed by atoms with Crippen molar-refractivity contribution >= 4 is 18.5 Å². The first kappa shape index (κ1) is 7.92. The van der Waals surface area contributed by atoms with Gasteiger partial charge in [-0.05, 0) is 13.3 Å². The summed E-state index contributed by atoms with van der Waals surface area (Å²) in [6, 6.07) is 0. The lowest BCUT2D eigenvalue weighted by molar-refractivity contribution is 0.449. The zero-order valence-electron chi connectivity index (χ0n) is 6.54. The van der Waals surface area contributed by atoms with Gasteiger partial charge in [-0.1, -0.05) is 0 Å². The standard InChI is InChI=1S/C7H14N2S/c1-6(10)9-5-3-4-7(9)8-2/h6,10H,3-5H2,1-2H3. The summed E-state index contributed by atoms with van der Waals surface area (Å²) < 4.78 is 0. The second kappa shape index (κ2) is 3.28. The molecular weight excluding hydrogens is 144 g/mol. The lowest BCUT2D eigenvalue weighted by Crippen LogP contribution is -2.30. The molecule has 1 aliphatic rings. The first-order chi connectivity index (χ1) is 4.75. The van der Waals surface area contributed by atoms with Crippen LogP contribution in [0.3, 0.4) is 0 Å². The van der Waals surface area contributed by atoms with Crippen LogP contribution in [0.1, 0.15) is 19.8 Å². The van der Waals surface area contributed by atoms with Crippen LogP contribution in [0.5, 0.6) is 0 Å². The molecule has 0 N–H and O–H groups in total. The van der Waals surface area contributed by atoms with E-state index in [9.17, 15) is 0 Å². The van der Waals surface area contributed by atoms with Gasteiger partial charge >= 0.3 is 0 Å². The van der Waals surface area contributed by atoms with E-state index in [2.05, 4.69) is 29.4 Å². The van der Waals surface area contributed by atoms with Gasteiger partial charge in [-0.3, -0.25) is 4.99 Å². The molecule has 2 nitrogen and oxygen atoms in total. The summed E-state index contributed by atoms with van der Waals surface area (Å²) >= 11 is 4.35. The summed E-state index contributed by atoms with van der Waals surface area (Å²) in [6.45, 7) is 3.21. The Morgan fingerprint density at radius 1 is 1.70 bits per heavy atom. The van der Waals surface area contributed by atoms with Gasteiger partial charge in [0.15, 0.2) is 0 Å². The van der Waals surface area contributed by atoms with Crippen molar-refractivity contribution in [2.24, 2.45) is 4.99 Å². The molecule has 1 atom stereocenters. The van der Waals surface area contributed by atoms with Crippen molar-refractivity contribution < 1.29 is 0 Å². The topological polar surface area (TPSA) is 15.6 Å². The van der Waals surface area contributed by atoms with Gasteiger partial charge in [-0.2, -0.15) is 12.6 Å². The average molecular weight is 158 g/mol. The molecule has 0 bridgehead atoms. The third kappa shape index (κ3) is 1.45. The van der Waals surface area contributed by atoms with Crippen molar-refractivity contribution in [1.29, 1.82) is 0 Å². The van der Waals surface area contributed by atoms with Crippen LogP contribution in [-0.2, 0) is 0 Å². The highest BCUT2D eigenvalue weighted by molar-refractivity contribution is 7.80. The average Bonchev–Trinajstić information content (AvgIpc) is 2.33. The molecule has 0 aromatic carbocycles. The Balaban J connectivity index is 2.59. The molecule has 0 aromatic heterocycles. The van der Waals surface area contributed by atoms with Crippen LogP contribution in [0.2, 0.25) is 0 Å². The molecule has 1 saturated heterocycles. The number of aliphatic imine (C=N–C) groups is 1. The highest BCUT2D eigenvalue weighted by Gasteiger charge is 2.19. The minimum Gasteiger partial charge on any atom is -0.349 e. The van der Waals surface area contributed by atoms with Crippen molar-refractivity contribution in [3.05, 3.63) is 0 Å². The van der Waals surface area contributed by atoms with Gasteiger partial charge in [-0.25, -0.2) is 0 Å². The molecule has 1 heterocycles. The van der Waals surface area contributed by atoms with E-state index in [1.54, 1.807) is 0 Å². The molecule has 1 fully saturated rings. The maximum absolute atomic E-state index is 4.35. The van der Waals surface area contributed by atoms with Crippen molar-refractivity contribution in [2.75, 3.05) is 13.6 Å². The molecule has 0 aliphatic carbocycles. The zero-order valence-corrected chi connectivity index (χ0v) is 7.43. The van der Waals surface area contributed by atoms with Crippen LogP contribution in [0.4, 0.5) is 0 Å². The Labute approximate surface area is 67.7 Å². The van der Waals surface area contributed by atoms with Gasteiger partial charge in [0.1, 0.15) is 0 Å². The van der Waals surface area contributed by atoms with Gasteiger partial charge in [0.05, 0.1) is 11.2 Å². The van der Waals surface area contributed by atoms with Gasteiger partial charge < -0.3 is 4.90 Å². The summed E-state index contributed by atoms with van der Waals surface area (Å²) in [7, 11) is 1.85. The van der Waals surface area contributed by atoms with Gasteiger partial charge in [-0.15, -0.1) is 0 Å². The van der Waals surface area contributed by atoms with E-state index in [4.69, 9.17) is 0 Å². The summed E-state index contributed by atoms with van der Waals surface area (Å²) in [5.74, 6) is 1.21. The zero-order chi connectivity index (χ0) is 7.56. The third-order valence-corrected chi connectivity index (χ3v) is 2.12. The van der Waals surface area contributed by atoms with Crippen LogP contribution in [0.25, 0.3) is 0 Å². The van der Waals surface area contributed by atoms with E-state index in [1.165, 1.54) is 12.3 Å². The fourth-order valence-electron chi connectivity index (χ4n) is 1.32. The monoisotopic (exact) mass is 158 g/mol. The van der Waals surface area contributed by atoms with Gasteiger partial charge in [0.25, 0.3) is 0 Å². The minimum absolute atomic E-state index is 0.321. The Bertz CT molecular complexity index is 143. The molecule has 0 spiro atoms. The van der Waals surface area contributed by atoms with Crippen molar-refractivity contribution in [1.82, 2.24) is 4.90 Å². The summed E-state index contributed by atoms with van der Waals surface area (Å²) in [5.41, 5.74) is 0. The van der Waals surface area contributed by atoms with E-state index in [0.29, 0.717) is 5.37 Å². The Hall–Kier alpha value is -0.180. The SMILES string of the molecule is CN=C1CCCN1C(C)S. The molecule has 10 heavy (non-hydrogen) atoms. The molecule has 1 unspecified atom stereocenters. The summed E-state index contributed by atoms with van der Waals surface area (Å²) in [5, 5.41) is 0.321. The van der Waals surface area contributed by atoms with Crippen LogP contribution in [0, 0.1) is 0 Å². The molecule has 0 aromatic rings. The van der Waals surface area contributed by atoms with Crippen LogP contribution < -0.4 is 0 Å². The second-order valence-electron chi connectivity index (χ2n) is 2.57. The van der Waals surface area contributed by atoms with Gasteiger partial charge in [0.2, 0.25) is 0 Å². The fraction of sp³-hybridized carbons (Fsp3) is 0.857. The number of nitrogens with zero attached hydrogens (tertiary/aromatic N) is 2. The quantitative estimate of drug-likeness (QED) is 0.570. The van der Waals surface area contributed by atoms with Crippen molar-refractivity contribution in [3.63, 3.8) is 0 Å². The number of rotatable bonds is 1. The number of amidine groups is 1. The second-order valence-corrected chi connectivity index (χ2v) is 3.32.